The van der Waals surface area contributed by atoms with E-state index in [9.17, 15) is 0 Å². The van der Waals surface area contributed by atoms with Gasteiger partial charge in [-0.05, 0) is 26.2 Å². The average Bonchev–Trinajstić information content (AvgIpc) is 3.10. The predicted molar refractivity (Wildman–Crippen MR) is 72.9 cm³/mol. The molecule has 1 aliphatic carbocycles. The van der Waals surface area contributed by atoms with E-state index in [1.165, 1.54) is 25.8 Å². The molecule has 0 bridgehead atoms. The van der Waals surface area contributed by atoms with E-state index in [1.54, 1.807) is 0 Å². The molecule has 2 fully saturated rings. The Hall–Kier alpha value is -1.36. The van der Waals surface area contributed by atoms with Crippen molar-refractivity contribution in [2.75, 3.05) is 30.8 Å². The highest BCUT2D eigenvalue weighted by atomic mass is 15.2. The summed E-state index contributed by atoms with van der Waals surface area (Å²) >= 11 is 0. The molecular weight excluding hydrogens is 226 g/mol. The van der Waals surface area contributed by atoms with Gasteiger partial charge in [-0.1, -0.05) is 0 Å². The quantitative estimate of drug-likeness (QED) is 0.844. The number of aryl methyl sites for hydroxylation is 1. The fourth-order valence-electron chi connectivity index (χ4n) is 2.64. The number of hydrogen-bond acceptors (Lipinski definition) is 5. The molecule has 0 radical (unpaired) electrons. The molecule has 1 aliphatic heterocycles. The zero-order chi connectivity index (χ0) is 12.5. The van der Waals surface area contributed by atoms with Crippen molar-refractivity contribution in [3.8, 4) is 0 Å². The monoisotopic (exact) mass is 247 g/mol. The first-order valence-electron chi connectivity index (χ1n) is 6.78. The van der Waals surface area contributed by atoms with Gasteiger partial charge in [0, 0.05) is 44.0 Å². The van der Waals surface area contributed by atoms with Crippen molar-refractivity contribution in [2.45, 2.75) is 38.3 Å². The molecule has 0 amide bonds. The standard InChI is InChI=1S/C13H21N5/c1-9-7-12(17-13(14-2)15-9)16-10-5-6-18(8-10)11-3-4-11/h7,10-11H,3-6,8H2,1-2H3,(H2,14,15,16,17). The van der Waals surface area contributed by atoms with E-state index in [2.05, 4.69) is 25.5 Å². The fraction of sp³-hybridized carbons (Fsp3) is 0.692. The Balaban J connectivity index is 1.63. The molecule has 18 heavy (non-hydrogen) atoms. The summed E-state index contributed by atoms with van der Waals surface area (Å²) in [5, 5.41) is 6.53. The van der Waals surface area contributed by atoms with Crippen molar-refractivity contribution in [1.82, 2.24) is 14.9 Å². The molecule has 5 nitrogen and oxygen atoms in total. The average molecular weight is 247 g/mol. The first-order valence-corrected chi connectivity index (χ1v) is 6.78. The lowest BCUT2D eigenvalue weighted by Gasteiger charge is -2.16. The Labute approximate surface area is 108 Å². The third-order valence-electron chi connectivity index (χ3n) is 3.71. The second-order valence-corrected chi connectivity index (χ2v) is 5.32. The highest BCUT2D eigenvalue weighted by Gasteiger charge is 2.34. The minimum atomic E-state index is 0.532. The van der Waals surface area contributed by atoms with Crippen molar-refractivity contribution >= 4 is 11.8 Å². The van der Waals surface area contributed by atoms with Crippen molar-refractivity contribution < 1.29 is 0 Å². The van der Waals surface area contributed by atoms with Crippen LogP contribution < -0.4 is 10.6 Å². The number of anilines is 2. The van der Waals surface area contributed by atoms with Gasteiger partial charge in [0.1, 0.15) is 5.82 Å². The van der Waals surface area contributed by atoms with Gasteiger partial charge in [0.05, 0.1) is 0 Å². The molecule has 1 saturated carbocycles. The summed E-state index contributed by atoms with van der Waals surface area (Å²) in [5.41, 5.74) is 0.994. The summed E-state index contributed by atoms with van der Waals surface area (Å²) < 4.78 is 0. The maximum atomic E-state index is 4.45. The number of likely N-dealkylation sites (tertiary alicyclic amines) is 1. The van der Waals surface area contributed by atoms with Gasteiger partial charge < -0.3 is 10.6 Å². The summed E-state index contributed by atoms with van der Waals surface area (Å²) in [6.45, 7) is 4.38. The minimum absolute atomic E-state index is 0.532. The Kier molecular flexibility index (Phi) is 3.07. The second kappa shape index (κ2) is 4.72. The molecule has 1 atom stereocenters. The van der Waals surface area contributed by atoms with Gasteiger partial charge >= 0.3 is 0 Å². The second-order valence-electron chi connectivity index (χ2n) is 5.32. The van der Waals surface area contributed by atoms with E-state index in [-0.39, 0.29) is 0 Å². The Bertz CT molecular complexity index is 429. The summed E-state index contributed by atoms with van der Waals surface area (Å²) in [4.78, 5) is 11.4. The maximum absolute atomic E-state index is 4.45. The van der Waals surface area contributed by atoms with Crippen LogP contribution in [0.3, 0.4) is 0 Å². The summed E-state index contributed by atoms with van der Waals surface area (Å²) in [6, 6.07) is 3.42. The van der Waals surface area contributed by atoms with Gasteiger partial charge in [-0.2, -0.15) is 4.98 Å². The lowest BCUT2D eigenvalue weighted by molar-refractivity contribution is 0.326. The zero-order valence-electron chi connectivity index (χ0n) is 11.1. The lowest BCUT2D eigenvalue weighted by atomic mass is 10.2. The molecule has 1 unspecified atom stereocenters. The molecule has 2 aliphatic rings. The van der Waals surface area contributed by atoms with E-state index in [0.29, 0.717) is 12.0 Å². The smallest absolute Gasteiger partial charge is 0.224 e. The first kappa shape index (κ1) is 11.7. The van der Waals surface area contributed by atoms with Crippen LogP contribution in [0.1, 0.15) is 25.0 Å². The molecular formula is C13H21N5. The van der Waals surface area contributed by atoms with Gasteiger partial charge in [-0.3, -0.25) is 4.90 Å². The third-order valence-corrected chi connectivity index (χ3v) is 3.71. The van der Waals surface area contributed by atoms with Gasteiger partial charge in [0.25, 0.3) is 0 Å². The fourth-order valence-corrected chi connectivity index (χ4v) is 2.64. The zero-order valence-corrected chi connectivity index (χ0v) is 11.1. The van der Waals surface area contributed by atoms with Crippen LogP contribution in [0, 0.1) is 6.92 Å². The van der Waals surface area contributed by atoms with Crippen LogP contribution in [-0.2, 0) is 0 Å². The number of nitrogens with one attached hydrogen (secondary N) is 2. The van der Waals surface area contributed by atoms with Crippen molar-refractivity contribution in [3.05, 3.63) is 11.8 Å². The maximum Gasteiger partial charge on any atom is 0.224 e. The first-order chi connectivity index (χ1) is 8.74. The van der Waals surface area contributed by atoms with Crippen molar-refractivity contribution in [3.63, 3.8) is 0 Å². The number of rotatable bonds is 4. The Morgan fingerprint density at radius 1 is 1.28 bits per heavy atom. The van der Waals surface area contributed by atoms with E-state index in [1.807, 2.05) is 20.0 Å². The topological polar surface area (TPSA) is 53.1 Å². The van der Waals surface area contributed by atoms with E-state index in [0.717, 1.165) is 24.1 Å². The van der Waals surface area contributed by atoms with Crippen LogP contribution in [-0.4, -0.2) is 47.1 Å². The van der Waals surface area contributed by atoms with Crippen LogP contribution in [0.15, 0.2) is 6.07 Å². The van der Waals surface area contributed by atoms with Gasteiger partial charge in [-0.25, -0.2) is 4.98 Å². The van der Waals surface area contributed by atoms with Crippen LogP contribution in [0.2, 0.25) is 0 Å². The van der Waals surface area contributed by atoms with E-state index < -0.39 is 0 Å². The van der Waals surface area contributed by atoms with Crippen LogP contribution in [0.25, 0.3) is 0 Å². The lowest BCUT2D eigenvalue weighted by Crippen LogP contribution is -2.28. The molecule has 1 aromatic heterocycles. The van der Waals surface area contributed by atoms with Gasteiger partial charge in [-0.15, -0.1) is 0 Å². The highest BCUT2D eigenvalue weighted by Crippen LogP contribution is 2.30. The highest BCUT2D eigenvalue weighted by molar-refractivity contribution is 5.42. The van der Waals surface area contributed by atoms with E-state index >= 15 is 0 Å². The SMILES string of the molecule is CNc1nc(C)cc(NC2CCN(C3CC3)C2)n1. The molecule has 1 aromatic rings. The van der Waals surface area contributed by atoms with Gasteiger partial charge in [0.2, 0.25) is 5.95 Å². The molecule has 2 N–H and O–H groups in total. The Morgan fingerprint density at radius 2 is 2.11 bits per heavy atom. The molecule has 1 saturated heterocycles. The van der Waals surface area contributed by atoms with Crippen molar-refractivity contribution in [1.29, 1.82) is 0 Å². The summed E-state index contributed by atoms with van der Waals surface area (Å²) in [6.07, 6.45) is 4.00. The van der Waals surface area contributed by atoms with Crippen LogP contribution in [0.5, 0.6) is 0 Å². The summed E-state index contributed by atoms with van der Waals surface area (Å²) in [5.74, 6) is 1.63. The van der Waals surface area contributed by atoms with Crippen molar-refractivity contribution in [2.24, 2.45) is 0 Å². The predicted octanol–water partition coefficient (Wildman–Crippen LogP) is 1.48. The minimum Gasteiger partial charge on any atom is -0.366 e. The Morgan fingerprint density at radius 3 is 2.83 bits per heavy atom. The number of aromatic nitrogens is 2. The normalized spacial score (nSPS) is 24.2. The molecule has 98 valence electrons. The largest absolute Gasteiger partial charge is 0.366 e. The molecule has 3 rings (SSSR count). The number of hydrogen-bond donors (Lipinski definition) is 2. The van der Waals surface area contributed by atoms with Crippen LogP contribution in [0.4, 0.5) is 11.8 Å². The van der Waals surface area contributed by atoms with E-state index in [4.69, 9.17) is 0 Å². The van der Waals surface area contributed by atoms with Gasteiger partial charge in [0.15, 0.2) is 0 Å². The number of nitrogens with zero attached hydrogens (tertiary/aromatic N) is 3. The summed E-state index contributed by atoms with van der Waals surface area (Å²) in [7, 11) is 1.85. The third kappa shape index (κ3) is 2.56. The molecule has 0 spiro atoms. The molecule has 5 heteroatoms. The molecule has 0 aromatic carbocycles. The molecule has 2 heterocycles. The van der Waals surface area contributed by atoms with Crippen LogP contribution >= 0.6 is 0 Å².